The van der Waals surface area contributed by atoms with Crippen LogP contribution in [0.25, 0.3) is 10.8 Å². The van der Waals surface area contributed by atoms with Gasteiger partial charge >= 0.3 is 5.97 Å². The van der Waals surface area contributed by atoms with Crippen LogP contribution in [0.5, 0.6) is 0 Å². The van der Waals surface area contributed by atoms with Gasteiger partial charge in [-0.05, 0) is 28.8 Å². The number of rotatable bonds is 4. The lowest BCUT2D eigenvalue weighted by molar-refractivity contribution is -0.141. The maximum Gasteiger partial charge on any atom is 0.305 e. The normalized spacial score (nSPS) is 12.3. The van der Waals surface area contributed by atoms with Crippen molar-refractivity contribution in [2.24, 2.45) is 0 Å². The first-order chi connectivity index (χ1) is 8.70. The zero-order valence-electron chi connectivity index (χ0n) is 10.3. The van der Waals surface area contributed by atoms with Gasteiger partial charge < -0.3 is 9.84 Å². The van der Waals surface area contributed by atoms with Crippen LogP contribution < -0.4 is 0 Å². The maximum absolute atomic E-state index is 11.0. The topological polar surface area (TPSA) is 46.5 Å². The Kier molecular flexibility index (Phi) is 3.95. The highest BCUT2D eigenvalue weighted by Gasteiger charge is 2.10. The van der Waals surface area contributed by atoms with Crippen molar-refractivity contribution in [1.82, 2.24) is 0 Å². The van der Waals surface area contributed by atoms with Gasteiger partial charge in [-0.2, -0.15) is 0 Å². The molecule has 2 aromatic carbocycles. The molecule has 2 rings (SSSR count). The number of hydrogen-bond donors (Lipinski definition) is 1. The van der Waals surface area contributed by atoms with Crippen molar-refractivity contribution in [2.75, 3.05) is 7.11 Å². The Morgan fingerprint density at radius 1 is 1.22 bits per heavy atom. The average molecular weight is 244 g/mol. The molecular formula is C15H16O3. The zero-order chi connectivity index (χ0) is 13.0. The highest BCUT2D eigenvalue weighted by molar-refractivity contribution is 5.83. The number of aliphatic hydroxyl groups excluding tert-OH is 1. The molecule has 0 radical (unpaired) electrons. The van der Waals surface area contributed by atoms with Crippen molar-refractivity contribution in [3.63, 3.8) is 0 Å². The second-order valence-electron chi connectivity index (χ2n) is 4.24. The minimum Gasteiger partial charge on any atom is -0.469 e. The molecular weight excluding hydrogens is 228 g/mol. The van der Waals surface area contributed by atoms with Crippen LogP contribution in [0, 0.1) is 0 Å². The fraction of sp³-hybridized carbons (Fsp3) is 0.267. The van der Waals surface area contributed by atoms with Crippen molar-refractivity contribution >= 4 is 16.7 Å². The van der Waals surface area contributed by atoms with Crippen molar-refractivity contribution in [3.05, 3.63) is 48.0 Å². The molecule has 1 atom stereocenters. The third-order valence-corrected chi connectivity index (χ3v) is 3.01. The van der Waals surface area contributed by atoms with Gasteiger partial charge in [-0.1, -0.05) is 36.4 Å². The van der Waals surface area contributed by atoms with Gasteiger partial charge in [0.2, 0.25) is 0 Å². The van der Waals surface area contributed by atoms with E-state index in [2.05, 4.69) is 4.74 Å². The molecule has 3 nitrogen and oxygen atoms in total. The third kappa shape index (κ3) is 2.87. The average Bonchev–Trinajstić information content (AvgIpc) is 2.43. The van der Waals surface area contributed by atoms with Crippen LogP contribution in [-0.4, -0.2) is 18.2 Å². The van der Waals surface area contributed by atoms with Gasteiger partial charge in [-0.25, -0.2) is 0 Å². The van der Waals surface area contributed by atoms with Gasteiger partial charge in [0.25, 0.3) is 0 Å². The fourth-order valence-corrected chi connectivity index (χ4v) is 1.94. The number of fused-ring (bicyclic) bond motifs is 1. The lowest BCUT2D eigenvalue weighted by Crippen LogP contribution is -2.04. The first kappa shape index (κ1) is 12.6. The smallest absolute Gasteiger partial charge is 0.305 e. The molecule has 0 aliphatic carbocycles. The van der Waals surface area contributed by atoms with Crippen LogP contribution in [0.4, 0.5) is 0 Å². The van der Waals surface area contributed by atoms with Crippen molar-refractivity contribution in [2.45, 2.75) is 18.9 Å². The molecule has 1 unspecified atom stereocenters. The van der Waals surface area contributed by atoms with Gasteiger partial charge in [0.05, 0.1) is 13.2 Å². The first-order valence-electron chi connectivity index (χ1n) is 5.94. The minimum absolute atomic E-state index is 0.227. The van der Waals surface area contributed by atoms with E-state index in [1.165, 1.54) is 7.11 Å². The third-order valence-electron chi connectivity index (χ3n) is 3.01. The van der Waals surface area contributed by atoms with Crippen molar-refractivity contribution in [1.29, 1.82) is 0 Å². The molecule has 0 fully saturated rings. The van der Waals surface area contributed by atoms with E-state index in [0.29, 0.717) is 6.42 Å². The number of methoxy groups -OCH3 is 1. The van der Waals surface area contributed by atoms with Crippen LogP contribution in [-0.2, 0) is 9.53 Å². The van der Waals surface area contributed by atoms with Gasteiger partial charge in [0.1, 0.15) is 0 Å². The van der Waals surface area contributed by atoms with Crippen LogP contribution in [0.1, 0.15) is 24.5 Å². The minimum atomic E-state index is -0.631. The Hall–Kier alpha value is -1.87. The Bertz CT molecular complexity index is 548. The SMILES string of the molecule is COC(=O)CCC(O)c1ccc2ccccc2c1. The van der Waals surface area contributed by atoms with E-state index in [-0.39, 0.29) is 12.4 Å². The highest BCUT2D eigenvalue weighted by atomic mass is 16.5. The summed E-state index contributed by atoms with van der Waals surface area (Å²) in [6.07, 6.45) is -0.0242. The zero-order valence-corrected chi connectivity index (χ0v) is 10.3. The number of carbonyl (C=O) groups excluding carboxylic acids is 1. The molecule has 0 heterocycles. The lowest BCUT2D eigenvalue weighted by atomic mass is 10.0. The molecule has 3 heteroatoms. The number of aliphatic hydroxyl groups is 1. The van der Waals surface area contributed by atoms with Gasteiger partial charge in [0.15, 0.2) is 0 Å². The number of hydrogen-bond acceptors (Lipinski definition) is 3. The molecule has 0 saturated heterocycles. The molecule has 0 saturated carbocycles. The number of carbonyl (C=O) groups is 1. The van der Waals surface area contributed by atoms with Gasteiger partial charge in [-0.15, -0.1) is 0 Å². The molecule has 0 bridgehead atoms. The molecule has 2 aromatic rings. The van der Waals surface area contributed by atoms with E-state index in [1.807, 2.05) is 42.5 Å². The van der Waals surface area contributed by atoms with E-state index in [0.717, 1.165) is 16.3 Å². The first-order valence-corrected chi connectivity index (χ1v) is 5.94. The van der Waals surface area contributed by atoms with Gasteiger partial charge in [0, 0.05) is 6.42 Å². The lowest BCUT2D eigenvalue weighted by Gasteiger charge is -2.11. The summed E-state index contributed by atoms with van der Waals surface area (Å²) in [5.74, 6) is -0.296. The number of benzene rings is 2. The number of ether oxygens (including phenoxy) is 1. The summed E-state index contributed by atoms with van der Waals surface area (Å²) in [6, 6.07) is 13.8. The Labute approximate surface area is 106 Å². The molecule has 1 N–H and O–H groups in total. The van der Waals surface area contributed by atoms with E-state index in [4.69, 9.17) is 0 Å². The standard InChI is InChI=1S/C15H16O3/c1-18-15(17)9-8-14(16)13-7-6-11-4-2-3-5-12(11)10-13/h2-7,10,14,16H,8-9H2,1H3. The Morgan fingerprint density at radius 3 is 2.67 bits per heavy atom. The van der Waals surface area contributed by atoms with E-state index >= 15 is 0 Å². The molecule has 0 spiro atoms. The molecule has 0 aliphatic rings. The second kappa shape index (κ2) is 5.65. The summed E-state index contributed by atoms with van der Waals surface area (Å²) < 4.78 is 4.56. The van der Waals surface area contributed by atoms with E-state index < -0.39 is 6.10 Å². The Balaban J connectivity index is 2.12. The second-order valence-corrected chi connectivity index (χ2v) is 4.24. The maximum atomic E-state index is 11.0. The Morgan fingerprint density at radius 2 is 1.94 bits per heavy atom. The summed E-state index contributed by atoms with van der Waals surface area (Å²) in [4.78, 5) is 11.0. The summed E-state index contributed by atoms with van der Waals surface area (Å²) in [7, 11) is 1.35. The predicted octanol–water partition coefficient (Wildman–Crippen LogP) is 2.83. The molecule has 94 valence electrons. The summed E-state index contributed by atoms with van der Waals surface area (Å²) in [5, 5.41) is 12.2. The predicted molar refractivity (Wildman–Crippen MR) is 70.2 cm³/mol. The van der Waals surface area contributed by atoms with Crippen LogP contribution in [0.15, 0.2) is 42.5 Å². The summed E-state index contributed by atoms with van der Waals surface area (Å²) in [6.45, 7) is 0. The highest BCUT2D eigenvalue weighted by Crippen LogP contribution is 2.23. The summed E-state index contributed by atoms with van der Waals surface area (Å²) >= 11 is 0. The molecule has 0 amide bonds. The summed E-state index contributed by atoms with van der Waals surface area (Å²) in [5.41, 5.74) is 0.831. The van der Waals surface area contributed by atoms with E-state index in [1.54, 1.807) is 0 Å². The molecule has 18 heavy (non-hydrogen) atoms. The van der Waals surface area contributed by atoms with Gasteiger partial charge in [-0.3, -0.25) is 4.79 Å². The monoisotopic (exact) mass is 244 g/mol. The quantitative estimate of drug-likeness (QED) is 0.841. The van der Waals surface area contributed by atoms with E-state index in [9.17, 15) is 9.90 Å². The fourth-order valence-electron chi connectivity index (χ4n) is 1.94. The van der Waals surface area contributed by atoms with Crippen molar-refractivity contribution < 1.29 is 14.6 Å². The van der Waals surface area contributed by atoms with Crippen LogP contribution in [0.3, 0.4) is 0 Å². The van der Waals surface area contributed by atoms with Crippen LogP contribution in [0.2, 0.25) is 0 Å². The molecule has 0 aliphatic heterocycles. The largest absolute Gasteiger partial charge is 0.469 e. The number of esters is 1. The van der Waals surface area contributed by atoms with Crippen LogP contribution >= 0.6 is 0 Å². The van der Waals surface area contributed by atoms with Crippen molar-refractivity contribution in [3.8, 4) is 0 Å². The molecule has 0 aromatic heterocycles.